The van der Waals surface area contributed by atoms with Crippen LogP contribution < -0.4 is 4.87 Å². The summed E-state index contributed by atoms with van der Waals surface area (Å²) in [6.07, 6.45) is 4.62. The van der Waals surface area contributed by atoms with Crippen LogP contribution in [-0.2, 0) is 4.79 Å². The van der Waals surface area contributed by atoms with Crippen LogP contribution in [0.2, 0.25) is 0 Å². The van der Waals surface area contributed by atoms with Gasteiger partial charge in [0, 0.05) is 25.9 Å². The predicted molar refractivity (Wildman–Crippen MR) is 85.0 cm³/mol. The van der Waals surface area contributed by atoms with Gasteiger partial charge in [-0.05, 0) is 37.3 Å². The second-order valence-electron chi connectivity index (χ2n) is 5.61. The number of hydrogen-bond acceptors (Lipinski definition) is 6. The maximum absolute atomic E-state index is 12.3. The Hall–Kier alpha value is -1.57. The number of thiazole rings is 1. The molecule has 1 aliphatic rings. The number of hydrogen-bond donors (Lipinski definition) is 1. The van der Waals surface area contributed by atoms with Crippen LogP contribution in [-0.4, -0.2) is 45.5 Å². The van der Waals surface area contributed by atoms with Gasteiger partial charge in [-0.1, -0.05) is 11.3 Å². The van der Waals surface area contributed by atoms with Crippen LogP contribution in [0.1, 0.15) is 25.4 Å². The lowest BCUT2D eigenvalue weighted by Crippen LogP contribution is -2.42. The number of aldehydes is 1. The Morgan fingerprint density at radius 1 is 1.45 bits per heavy atom. The van der Waals surface area contributed by atoms with Crippen molar-refractivity contribution in [2.45, 2.75) is 25.4 Å². The first kappa shape index (κ1) is 15.3. The minimum absolute atomic E-state index is 0.150. The molecule has 3 heterocycles. The van der Waals surface area contributed by atoms with Crippen molar-refractivity contribution in [3.8, 4) is 0 Å². The van der Waals surface area contributed by atoms with Crippen molar-refractivity contribution < 1.29 is 9.90 Å². The van der Waals surface area contributed by atoms with Crippen LogP contribution in [0.4, 0.5) is 0 Å². The highest BCUT2D eigenvalue weighted by molar-refractivity contribution is 7.16. The Kier molecular flexibility index (Phi) is 4.66. The van der Waals surface area contributed by atoms with Gasteiger partial charge in [-0.2, -0.15) is 0 Å². The SMILES string of the molecule is O=CC(N1CCC(CCO)CC1)n1c(=O)sc2ncccc21. The number of likely N-dealkylation sites (tertiary alicyclic amines) is 1. The first-order chi connectivity index (χ1) is 10.7. The largest absolute Gasteiger partial charge is 0.396 e. The molecule has 1 unspecified atom stereocenters. The van der Waals surface area contributed by atoms with Crippen molar-refractivity contribution >= 4 is 28.0 Å². The summed E-state index contributed by atoms with van der Waals surface area (Å²) in [4.78, 5) is 30.7. The van der Waals surface area contributed by atoms with Gasteiger partial charge in [0.15, 0.2) is 6.29 Å². The molecule has 2 aromatic heterocycles. The zero-order valence-corrected chi connectivity index (χ0v) is 13.0. The molecule has 1 saturated heterocycles. The van der Waals surface area contributed by atoms with Crippen molar-refractivity contribution in [2.24, 2.45) is 5.92 Å². The normalized spacial score (nSPS) is 18.6. The Labute approximate surface area is 132 Å². The highest BCUT2D eigenvalue weighted by Gasteiger charge is 2.28. The quantitative estimate of drug-likeness (QED) is 0.839. The first-order valence-electron chi connectivity index (χ1n) is 7.51. The van der Waals surface area contributed by atoms with E-state index in [1.165, 1.54) is 0 Å². The maximum Gasteiger partial charge on any atom is 0.311 e. The van der Waals surface area contributed by atoms with E-state index < -0.39 is 6.17 Å². The predicted octanol–water partition coefficient (Wildman–Crippen LogP) is 1.25. The molecule has 6 nitrogen and oxygen atoms in total. The minimum Gasteiger partial charge on any atom is -0.396 e. The average Bonchev–Trinajstić information content (AvgIpc) is 2.87. The zero-order valence-electron chi connectivity index (χ0n) is 12.2. The lowest BCUT2D eigenvalue weighted by atomic mass is 9.94. The van der Waals surface area contributed by atoms with E-state index >= 15 is 0 Å². The zero-order chi connectivity index (χ0) is 15.5. The number of aromatic nitrogens is 2. The van der Waals surface area contributed by atoms with E-state index in [1.807, 2.05) is 11.0 Å². The molecule has 0 aliphatic carbocycles. The molecule has 2 aromatic rings. The summed E-state index contributed by atoms with van der Waals surface area (Å²) in [5, 5.41) is 9.02. The molecule has 1 aliphatic heterocycles. The number of nitrogens with zero attached hydrogens (tertiary/aromatic N) is 3. The van der Waals surface area contributed by atoms with E-state index in [0.29, 0.717) is 16.3 Å². The summed E-state index contributed by atoms with van der Waals surface area (Å²) in [6.45, 7) is 1.73. The number of carbonyl (C=O) groups excluding carboxylic acids is 1. The average molecular weight is 321 g/mol. The second kappa shape index (κ2) is 6.68. The second-order valence-corrected chi connectivity index (χ2v) is 6.55. The summed E-state index contributed by atoms with van der Waals surface area (Å²) in [7, 11) is 0. The van der Waals surface area contributed by atoms with Crippen LogP contribution >= 0.6 is 11.3 Å². The van der Waals surface area contributed by atoms with E-state index in [-0.39, 0.29) is 11.5 Å². The molecule has 118 valence electrons. The monoisotopic (exact) mass is 321 g/mol. The van der Waals surface area contributed by atoms with Gasteiger partial charge in [0.1, 0.15) is 11.0 Å². The summed E-state index contributed by atoms with van der Waals surface area (Å²) in [6, 6.07) is 3.61. The number of carbonyl (C=O) groups is 1. The molecule has 0 spiro atoms. The highest BCUT2D eigenvalue weighted by Crippen LogP contribution is 2.26. The van der Waals surface area contributed by atoms with Gasteiger partial charge in [0.2, 0.25) is 0 Å². The van der Waals surface area contributed by atoms with Crippen molar-refractivity contribution in [1.29, 1.82) is 0 Å². The number of aliphatic hydroxyl groups is 1. The fourth-order valence-corrected chi connectivity index (χ4v) is 3.98. The number of aliphatic hydroxyl groups excluding tert-OH is 1. The lowest BCUT2D eigenvalue weighted by molar-refractivity contribution is -0.116. The molecule has 0 bridgehead atoms. The Morgan fingerprint density at radius 3 is 2.91 bits per heavy atom. The van der Waals surface area contributed by atoms with Crippen LogP contribution in [0.5, 0.6) is 0 Å². The Balaban J connectivity index is 1.86. The first-order valence-corrected chi connectivity index (χ1v) is 8.32. The van der Waals surface area contributed by atoms with Crippen molar-refractivity contribution in [2.75, 3.05) is 19.7 Å². The smallest absolute Gasteiger partial charge is 0.311 e. The maximum atomic E-state index is 12.3. The molecule has 1 fully saturated rings. The number of piperidine rings is 1. The van der Waals surface area contributed by atoms with E-state index in [9.17, 15) is 9.59 Å². The van der Waals surface area contributed by atoms with Crippen molar-refractivity contribution in [3.63, 3.8) is 0 Å². The van der Waals surface area contributed by atoms with Gasteiger partial charge in [-0.3, -0.25) is 19.1 Å². The van der Waals surface area contributed by atoms with Crippen LogP contribution in [0.3, 0.4) is 0 Å². The Bertz CT molecular complexity index is 703. The van der Waals surface area contributed by atoms with E-state index in [4.69, 9.17) is 5.11 Å². The molecule has 0 saturated carbocycles. The fourth-order valence-electron chi connectivity index (χ4n) is 3.12. The van der Waals surface area contributed by atoms with Crippen molar-refractivity contribution in [1.82, 2.24) is 14.5 Å². The fraction of sp³-hybridized carbons (Fsp3) is 0.533. The third kappa shape index (κ3) is 2.84. The minimum atomic E-state index is -0.569. The molecule has 1 N–H and O–H groups in total. The molecule has 1 atom stereocenters. The molecule has 0 aromatic carbocycles. The van der Waals surface area contributed by atoms with Gasteiger partial charge in [0.05, 0.1) is 5.52 Å². The third-order valence-electron chi connectivity index (χ3n) is 4.34. The molecular weight excluding hydrogens is 302 g/mol. The topological polar surface area (TPSA) is 75.4 Å². The molecule has 0 amide bonds. The Morgan fingerprint density at radius 2 is 2.23 bits per heavy atom. The van der Waals surface area contributed by atoms with Crippen molar-refractivity contribution in [3.05, 3.63) is 28.0 Å². The van der Waals surface area contributed by atoms with Crippen LogP contribution in [0, 0.1) is 5.92 Å². The summed E-state index contributed by atoms with van der Waals surface area (Å²) in [5.41, 5.74) is 0.715. The number of rotatable bonds is 5. The van der Waals surface area contributed by atoms with E-state index in [2.05, 4.69) is 4.98 Å². The molecule has 22 heavy (non-hydrogen) atoms. The van der Waals surface area contributed by atoms with Crippen LogP contribution in [0.15, 0.2) is 23.1 Å². The summed E-state index contributed by atoms with van der Waals surface area (Å²) < 4.78 is 1.55. The standard InChI is InChI=1S/C15H19N3O3S/c19-9-5-11-3-7-17(8-4-11)13(10-20)18-12-2-1-6-16-14(12)22-15(18)21/h1-2,6,10-11,13,19H,3-5,7-9H2. The van der Waals surface area contributed by atoms with Gasteiger partial charge in [-0.15, -0.1) is 0 Å². The third-order valence-corrected chi connectivity index (χ3v) is 5.22. The summed E-state index contributed by atoms with van der Waals surface area (Å²) in [5.74, 6) is 0.506. The summed E-state index contributed by atoms with van der Waals surface area (Å²) >= 11 is 1.07. The molecule has 7 heteroatoms. The number of fused-ring (bicyclic) bond motifs is 1. The highest BCUT2D eigenvalue weighted by atomic mass is 32.1. The van der Waals surface area contributed by atoms with Crippen LogP contribution in [0.25, 0.3) is 10.3 Å². The van der Waals surface area contributed by atoms with Gasteiger partial charge in [-0.25, -0.2) is 4.98 Å². The number of pyridine rings is 1. The molecular formula is C15H19N3O3S. The molecule has 0 radical (unpaired) electrons. The molecule has 3 rings (SSSR count). The van der Waals surface area contributed by atoms with Gasteiger partial charge in [0.25, 0.3) is 0 Å². The lowest BCUT2D eigenvalue weighted by Gasteiger charge is -2.35. The van der Waals surface area contributed by atoms with Gasteiger partial charge < -0.3 is 5.11 Å². The van der Waals surface area contributed by atoms with E-state index in [1.54, 1.807) is 16.8 Å². The van der Waals surface area contributed by atoms with E-state index in [0.717, 1.165) is 50.0 Å². The van der Waals surface area contributed by atoms with Gasteiger partial charge >= 0.3 is 4.87 Å².